The van der Waals surface area contributed by atoms with Crippen molar-refractivity contribution in [2.75, 3.05) is 31.7 Å². The summed E-state index contributed by atoms with van der Waals surface area (Å²) in [6.45, 7) is 3.68. The number of ether oxygens (including phenoxy) is 3. The summed E-state index contributed by atoms with van der Waals surface area (Å²) in [6.07, 6.45) is 1.97. The fraction of sp³-hybridized carbons (Fsp3) is 0.306. The molecule has 1 saturated heterocycles. The maximum absolute atomic E-state index is 14.2. The number of hydrogen-bond acceptors (Lipinski definition) is 8. The highest BCUT2D eigenvalue weighted by Crippen LogP contribution is 2.31. The third kappa shape index (κ3) is 7.94. The standard InChI is InChI=1S/C36H40N4O5/c1-25-32(18-11-21-39-25)44-24-30-23-38-22-29(45-30)20-19-26-12-9-10-17-31(26)40(36(42)43-2)35(41)34(37)33(27-13-5-3-6-14-27)28-15-7-4-8-16-28/h3-18,21,29-30,33-34,38H,19-20,22-24,37H2,1-2H3/t29-,30+,34+/m1/s1. The summed E-state index contributed by atoms with van der Waals surface area (Å²) in [5.41, 5.74) is 10.6. The Balaban J connectivity index is 1.32. The molecule has 234 valence electrons. The number of para-hydroxylation sites is 1. The fourth-order valence-corrected chi connectivity index (χ4v) is 5.72. The topological polar surface area (TPSA) is 116 Å². The molecule has 2 amide bonds. The summed E-state index contributed by atoms with van der Waals surface area (Å²) in [6, 6.07) is 29.3. The zero-order valence-corrected chi connectivity index (χ0v) is 25.7. The highest BCUT2D eigenvalue weighted by molar-refractivity contribution is 6.15. The molecule has 5 rings (SSSR count). The number of methoxy groups -OCH3 is 1. The van der Waals surface area contributed by atoms with Crippen LogP contribution in [0.1, 0.15) is 34.7 Å². The molecule has 4 aromatic rings. The second kappa shape index (κ2) is 15.4. The van der Waals surface area contributed by atoms with Gasteiger partial charge in [-0.2, -0.15) is 0 Å². The molecular weight excluding hydrogens is 568 g/mol. The molecule has 45 heavy (non-hydrogen) atoms. The summed E-state index contributed by atoms with van der Waals surface area (Å²) >= 11 is 0. The molecule has 1 aliphatic heterocycles. The van der Waals surface area contributed by atoms with Gasteiger partial charge in [0.15, 0.2) is 0 Å². The van der Waals surface area contributed by atoms with Crippen LogP contribution in [0.4, 0.5) is 10.5 Å². The molecule has 0 saturated carbocycles. The van der Waals surface area contributed by atoms with Crippen molar-refractivity contribution >= 4 is 17.7 Å². The fourth-order valence-electron chi connectivity index (χ4n) is 5.72. The number of aryl methyl sites for hydroxylation is 2. The van der Waals surface area contributed by atoms with E-state index in [1.807, 2.05) is 91.9 Å². The zero-order chi connectivity index (χ0) is 31.6. The smallest absolute Gasteiger partial charge is 0.420 e. The summed E-state index contributed by atoms with van der Waals surface area (Å²) < 4.78 is 17.4. The van der Waals surface area contributed by atoms with Gasteiger partial charge < -0.3 is 25.3 Å². The lowest BCUT2D eigenvalue weighted by atomic mass is 9.84. The lowest BCUT2D eigenvalue weighted by Gasteiger charge is -2.32. The quantitative estimate of drug-likeness (QED) is 0.244. The minimum atomic E-state index is -1.06. The number of rotatable bonds is 11. The number of aromatic nitrogens is 1. The van der Waals surface area contributed by atoms with Gasteiger partial charge in [-0.3, -0.25) is 9.78 Å². The van der Waals surface area contributed by atoms with Gasteiger partial charge in [0.2, 0.25) is 0 Å². The lowest BCUT2D eigenvalue weighted by molar-refractivity contribution is -0.119. The number of carbonyl (C=O) groups excluding carboxylic acids is 2. The number of nitrogens with zero attached hydrogens (tertiary/aromatic N) is 2. The first-order valence-corrected chi connectivity index (χ1v) is 15.2. The maximum atomic E-state index is 14.2. The van der Waals surface area contributed by atoms with Gasteiger partial charge >= 0.3 is 6.09 Å². The Hall–Kier alpha value is -4.57. The van der Waals surface area contributed by atoms with E-state index in [9.17, 15) is 9.59 Å². The number of benzene rings is 3. The van der Waals surface area contributed by atoms with Crippen molar-refractivity contribution < 1.29 is 23.8 Å². The summed E-state index contributed by atoms with van der Waals surface area (Å²) in [5.74, 6) is -0.286. The van der Waals surface area contributed by atoms with Gasteiger partial charge in [0, 0.05) is 25.2 Å². The summed E-state index contributed by atoms with van der Waals surface area (Å²) in [4.78, 5) is 32.8. The third-order valence-corrected chi connectivity index (χ3v) is 8.02. The van der Waals surface area contributed by atoms with E-state index in [0.717, 1.165) is 33.0 Å². The Kier molecular flexibility index (Phi) is 10.9. The molecule has 3 aromatic carbocycles. The molecule has 0 bridgehead atoms. The summed E-state index contributed by atoms with van der Waals surface area (Å²) in [5, 5.41) is 3.44. The molecule has 0 radical (unpaired) electrons. The largest absolute Gasteiger partial charge is 0.489 e. The van der Waals surface area contributed by atoms with Gasteiger partial charge in [-0.1, -0.05) is 78.9 Å². The van der Waals surface area contributed by atoms with Crippen molar-refractivity contribution in [3.63, 3.8) is 0 Å². The van der Waals surface area contributed by atoms with E-state index in [-0.39, 0.29) is 12.2 Å². The van der Waals surface area contributed by atoms with E-state index in [2.05, 4.69) is 10.3 Å². The number of morpholine rings is 1. The molecule has 2 heterocycles. The maximum Gasteiger partial charge on any atom is 0.420 e. The van der Waals surface area contributed by atoms with Gasteiger partial charge in [0.05, 0.1) is 30.6 Å². The molecular formula is C36H40N4O5. The van der Waals surface area contributed by atoms with Crippen LogP contribution in [0.25, 0.3) is 0 Å². The second-order valence-electron chi connectivity index (χ2n) is 11.1. The molecule has 0 spiro atoms. The second-order valence-corrected chi connectivity index (χ2v) is 11.1. The minimum absolute atomic E-state index is 0.0829. The van der Waals surface area contributed by atoms with Gasteiger partial charge in [0.25, 0.3) is 5.91 Å². The van der Waals surface area contributed by atoms with E-state index in [1.54, 1.807) is 18.3 Å². The number of hydrogen-bond donors (Lipinski definition) is 2. The number of nitrogens with two attached hydrogens (primary N) is 1. The SMILES string of the molecule is COC(=O)N(C(=O)[C@@H](N)C(c1ccccc1)c1ccccc1)c1ccccc1CC[C@@H]1CNC[C@@H](COc2cccnc2C)O1. The van der Waals surface area contributed by atoms with Crippen molar-refractivity contribution in [2.24, 2.45) is 5.73 Å². The van der Waals surface area contributed by atoms with E-state index in [0.29, 0.717) is 38.2 Å². The molecule has 9 heteroatoms. The number of nitrogens with one attached hydrogen (secondary N) is 1. The molecule has 1 fully saturated rings. The van der Waals surface area contributed by atoms with Gasteiger partial charge in [-0.15, -0.1) is 0 Å². The number of imide groups is 1. The molecule has 0 unspecified atom stereocenters. The third-order valence-electron chi connectivity index (χ3n) is 8.02. The van der Waals surface area contributed by atoms with E-state index in [4.69, 9.17) is 19.9 Å². The Morgan fingerprint density at radius 3 is 2.24 bits per heavy atom. The average molecular weight is 609 g/mol. The number of pyridine rings is 1. The highest BCUT2D eigenvalue weighted by atomic mass is 16.5. The van der Waals surface area contributed by atoms with E-state index >= 15 is 0 Å². The van der Waals surface area contributed by atoms with Crippen LogP contribution in [-0.4, -0.2) is 62.0 Å². The van der Waals surface area contributed by atoms with Crippen molar-refractivity contribution in [2.45, 2.75) is 43.9 Å². The number of amides is 2. The van der Waals surface area contributed by atoms with Crippen LogP contribution >= 0.6 is 0 Å². The molecule has 1 aromatic heterocycles. The lowest BCUT2D eigenvalue weighted by Crippen LogP contribution is -2.50. The van der Waals surface area contributed by atoms with Crippen LogP contribution in [-0.2, 0) is 20.7 Å². The van der Waals surface area contributed by atoms with Gasteiger partial charge in [-0.05, 0) is 54.7 Å². The van der Waals surface area contributed by atoms with Crippen molar-refractivity contribution in [1.82, 2.24) is 10.3 Å². The Morgan fingerprint density at radius 1 is 0.933 bits per heavy atom. The van der Waals surface area contributed by atoms with E-state index < -0.39 is 24.0 Å². The molecule has 1 aliphatic rings. The Labute approximate surface area is 264 Å². The molecule has 3 atom stereocenters. The zero-order valence-electron chi connectivity index (χ0n) is 25.7. The normalized spacial score (nSPS) is 17.0. The first-order chi connectivity index (χ1) is 22.0. The molecule has 3 N–H and O–H groups in total. The predicted molar refractivity (Wildman–Crippen MR) is 173 cm³/mol. The number of anilines is 1. The predicted octanol–water partition coefficient (Wildman–Crippen LogP) is 5.02. The van der Waals surface area contributed by atoms with E-state index in [1.165, 1.54) is 7.11 Å². The Morgan fingerprint density at radius 2 is 1.58 bits per heavy atom. The van der Waals surface area contributed by atoms with Crippen LogP contribution in [0, 0.1) is 6.92 Å². The number of carbonyl (C=O) groups is 2. The summed E-state index contributed by atoms with van der Waals surface area (Å²) in [7, 11) is 1.26. The first-order valence-electron chi connectivity index (χ1n) is 15.2. The molecule has 0 aliphatic carbocycles. The van der Waals surface area contributed by atoms with Crippen LogP contribution in [0.2, 0.25) is 0 Å². The monoisotopic (exact) mass is 608 g/mol. The van der Waals surface area contributed by atoms with Crippen LogP contribution in [0.5, 0.6) is 5.75 Å². The van der Waals surface area contributed by atoms with Crippen molar-refractivity contribution in [3.8, 4) is 5.75 Å². The average Bonchev–Trinajstić information content (AvgIpc) is 3.08. The van der Waals surface area contributed by atoms with Crippen molar-refractivity contribution in [3.05, 3.63) is 126 Å². The minimum Gasteiger partial charge on any atom is -0.489 e. The first kappa shape index (κ1) is 31.8. The van der Waals surface area contributed by atoms with Crippen LogP contribution in [0.15, 0.2) is 103 Å². The van der Waals surface area contributed by atoms with Gasteiger partial charge in [0.1, 0.15) is 18.5 Å². The van der Waals surface area contributed by atoms with Crippen LogP contribution < -0.4 is 20.7 Å². The highest BCUT2D eigenvalue weighted by Gasteiger charge is 2.36. The Bertz CT molecular complexity index is 1510. The van der Waals surface area contributed by atoms with Crippen LogP contribution in [0.3, 0.4) is 0 Å². The molecule has 9 nitrogen and oxygen atoms in total. The van der Waals surface area contributed by atoms with Crippen molar-refractivity contribution in [1.29, 1.82) is 0 Å². The van der Waals surface area contributed by atoms with Gasteiger partial charge in [-0.25, -0.2) is 9.69 Å².